The summed E-state index contributed by atoms with van der Waals surface area (Å²) in [5.41, 5.74) is 0. The van der Waals surface area contributed by atoms with E-state index in [1.807, 2.05) is 0 Å². The first kappa shape index (κ1) is 61.6. The van der Waals surface area contributed by atoms with Crippen LogP contribution in [0.5, 0.6) is 0 Å². The van der Waals surface area contributed by atoms with Crippen molar-refractivity contribution in [1.82, 2.24) is 0 Å². The van der Waals surface area contributed by atoms with Crippen LogP contribution in [0.15, 0.2) is 60.8 Å². The van der Waals surface area contributed by atoms with Gasteiger partial charge in [-0.3, -0.25) is 9.59 Å². The van der Waals surface area contributed by atoms with E-state index in [4.69, 9.17) is 14.2 Å². The molecule has 5 nitrogen and oxygen atoms in total. The summed E-state index contributed by atoms with van der Waals surface area (Å²) in [5, 5.41) is 0. The molecule has 0 heterocycles. The van der Waals surface area contributed by atoms with Gasteiger partial charge >= 0.3 is 11.9 Å². The molecule has 0 saturated heterocycles. The second-order valence-corrected chi connectivity index (χ2v) is 18.5. The van der Waals surface area contributed by atoms with Gasteiger partial charge in [0.1, 0.15) is 6.61 Å². The van der Waals surface area contributed by atoms with Crippen LogP contribution in [0, 0.1) is 0 Å². The summed E-state index contributed by atoms with van der Waals surface area (Å²) in [6.45, 7) is 7.66. The van der Waals surface area contributed by atoms with Crippen LogP contribution in [0.25, 0.3) is 0 Å². The topological polar surface area (TPSA) is 61.8 Å². The highest BCUT2D eigenvalue weighted by atomic mass is 16.6. The Bertz CT molecular complexity index is 1100. The van der Waals surface area contributed by atoms with E-state index in [0.717, 1.165) is 89.9 Å². The second kappa shape index (κ2) is 54.9. The predicted octanol–water partition coefficient (Wildman–Crippen LogP) is 18.9. The first-order valence-corrected chi connectivity index (χ1v) is 27.8. The number of carbonyl (C=O) groups is 2. The summed E-state index contributed by atoms with van der Waals surface area (Å²) in [4.78, 5) is 25.5. The molecule has 0 aromatic carbocycles. The average molecular weight is 895 g/mol. The van der Waals surface area contributed by atoms with Crippen molar-refractivity contribution in [3.63, 3.8) is 0 Å². The zero-order chi connectivity index (χ0) is 46.3. The zero-order valence-electron chi connectivity index (χ0n) is 42.8. The molecule has 5 heteroatoms. The van der Waals surface area contributed by atoms with E-state index in [-0.39, 0.29) is 25.2 Å². The van der Waals surface area contributed by atoms with Gasteiger partial charge in [-0.25, -0.2) is 0 Å². The molecular weight excluding hydrogens is 789 g/mol. The van der Waals surface area contributed by atoms with Gasteiger partial charge in [0.25, 0.3) is 0 Å². The molecule has 0 amide bonds. The molecule has 0 aliphatic carbocycles. The molecule has 0 bridgehead atoms. The van der Waals surface area contributed by atoms with Gasteiger partial charge in [0.05, 0.1) is 6.61 Å². The first-order valence-electron chi connectivity index (χ1n) is 27.8. The molecule has 0 radical (unpaired) electrons. The monoisotopic (exact) mass is 895 g/mol. The summed E-state index contributed by atoms with van der Waals surface area (Å²) in [6, 6.07) is 0. The van der Waals surface area contributed by atoms with E-state index < -0.39 is 6.10 Å². The lowest BCUT2D eigenvalue weighted by atomic mass is 10.0. The Morgan fingerprint density at radius 2 is 0.703 bits per heavy atom. The standard InChI is InChI=1S/C59H106O5/c1-4-7-10-13-16-19-22-25-27-29-30-31-32-35-37-40-43-46-49-52-58(60)63-56-57(64-59(61)53-50-47-44-41-38-34-24-21-18-15-12-9-6-3)55-62-54-51-48-45-42-39-36-33-28-26-23-20-17-14-11-8-5-2/h8,11,17,20-21,24,26,28,36,39,57H,4-7,9-10,12-16,18-19,22-23,25,27,29-35,37-38,40-56H2,1-3H3/b11-8-,20-17-,24-21-,28-26-,39-36-. The van der Waals surface area contributed by atoms with Crippen LogP contribution < -0.4 is 0 Å². The van der Waals surface area contributed by atoms with Crippen molar-refractivity contribution in [3.8, 4) is 0 Å². The lowest BCUT2D eigenvalue weighted by molar-refractivity contribution is -0.163. The first-order chi connectivity index (χ1) is 31.6. The molecule has 1 unspecified atom stereocenters. The number of unbranched alkanes of at least 4 members (excludes halogenated alkanes) is 30. The van der Waals surface area contributed by atoms with Crippen molar-refractivity contribution in [1.29, 1.82) is 0 Å². The Balaban J connectivity index is 4.27. The largest absolute Gasteiger partial charge is 0.462 e. The molecule has 0 spiro atoms. The fraction of sp³-hybridized carbons (Fsp3) is 0.797. The molecular formula is C59H106O5. The van der Waals surface area contributed by atoms with E-state index in [1.54, 1.807) is 0 Å². The fourth-order valence-electron chi connectivity index (χ4n) is 7.91. The molecule has 0 aliphatic rings. The number of hydrogen-bond donors (Lipinski definition) is 0. The second-order valence-electron chi connectivity index (χ2n) is 18.5. The van der Waals surface area contributed by atoms with Crippen LogP contribution in [0.3, 0.4) is 0 Å². The fourth-order valence-corrected chi connectivity index (χ4v) is 7.91. The van der Waals surface area contributed by atoms with Gasteiger partial charge in [-0.15, -0.1) is 0 Å². The van der Waals surface area contributed by atoms with Crippen LogP contribution in [0.2, 0.25) is 0 Å². The summed E-state index contributed by atoms with van der Waals surface area (Å²) in [7, 11) is 0. The number of allylic oxidation sites excluding steroid dienone is 10. The van der Waals surface area contributed by atoms with Crippen molar-refractivity contribution >= 4 is 11.9 Å². The summed E-state index contributed by atoms with van der Waals surface area (Å²) >= 11 is 0. The van der Waals surface area contributed by atoms with Crippen molar-refractivity contribution in [3.05, 3.63) is 60.8 Å². The van der Waals surface area contributed by atoms with E-state index in [1.165, 1.54) is 154 Å². The summed E-state index contributed by atoms with van der Waals surface area (Å²) in [6.07, 6.45) is 69.6. The minimum atomic E-state index is -0.556. The van der Waals surface area contributed by atoms with Gasteiger partial charge in [-0.2, -0.15) is 0 Å². The Labute approximate surface area is 398 Å². The molecule has 0 rings (SSSR count). The molecule has 64 heavy (non-hydrogen) atoms. The lowest BCUT2D eigenvalue weighted by Crippen LogP contribution is -2.30. The third-order valence-electron chi connectivity index (χ3n) is 12.0. The molecule has 0 aromatic rings. The minimum Gasteiger partial charge on any atom is -0.462 e. The highest BCUT2D eigenvalue weighted by Crippen LogP contribution is 2.16. The summed E-state index contributed by atoms with van der Waals surface area (Å²) < 4.78 is 17.4. The zero-order valence-corrected chi connectivity index (χ0v) is 42.8. The molecule has 372 valence electrons. The van der Waals surface area contributed by atoms with E-state index in [9.17, 15) is 9.59 Å². The molecule has 0 saturated carbocycles. The maximum atomic E-state index is 12.8. The summed E-state index contributed by atoms with van der Waals surface area (Å²) in [5.74, 6) is -0.414. The van der Waals surface area contributed by atoms with Crippen LogP contribution in [-0.4, -0.2) is 37.9 Å². The number of hydrogen-bond acceptors (Lipinski definition) is 5. The number of carbonyl (C=O) groups excluding carboxylic acids is 2. The third kappa shape index (κ3) is 52.2. The third-order valence-corrected chi connectivity index (χ3v) is 12.0. The van der Waals surface area contributed by atoms with E-state index in [2.05, 4.69) is 81.5 Å². The van der Waals surface area contributed by atoms with Crippen molar-refractivity contribution in [2.24, 2.45) is 0 Å². The van der Waals surface area contributed by atoms with Gasteiger partial charge in [0.2, 0.25) is 0 Å². The molecule has 0 fully saturated rings. The van der Waals surface area contributed by atoms with Crippen molar-refractivity contribution < 1.29 is 23.8 Å². The van der Waals surface area contributed by atoms with Crippen LogP contribution in [0.4, 0.5) is 0 Å². The number of esters is 2. The van der Waals surface area contributed by atoms with E-state index in [0.29, 0.717) is 19.4 Å². The number of rotatable bonds is 51. The number of ether oxygens (including phenoxy) is 3. The van der Waals surface area contributed by atoms with Crippen LogP contribution >= 0.6 is 0 Å². The molecule has 0 N–H and O–H groups in total. The van der Waals surface area contributed by atoms with Gasteiger partial charge in [0, 0.05) is 19.4 Å². The SMILES string of the molecule is CC/C=C\C/C=C\C/C=C\C/C=C\CCCCCOCC(COC(=O)CCCCCCCCCCCCCCCCCCCCC)OC(=O)CCCCCCC/C=C\CCCCCC. The van der Waals surface area contributed by atoms with Gasteiger partial charge in [0.15, 0.2) is 6.10 Å². The Morgan fingerprint density at radius 3 is 1.16 bits per heavy atom. The smallest absolute Gasteiger partial charge is 0.306 e. The molecule has 0 aliphatic heterocycles. The van der Waals surface area contributed by atoms with E-state index >= 15 is 0 Å². The van der Waals surface area contributed by atoms with Gasteiger partial charge in [-0.05, 0) is 83.5 Å². The van der Waals surface area contributed by atoms with Crippen molar-refractivity contribution in [2.75, 3.05) is 19.8 Å². The minimum absolute atomic E-state index is 0.0711. The Kier molecular flexibility index (Phi) is 52.9. The molecule has 0 aromatic heterocycles. The normalized spacial score (nSPS) is 12.6. The van der Waals surface area contributed by atoms with Crippen LogP contribution in [-0.2, 0) is 23.8 Å². The quantitative estimate of drug-likeness (QED) is 0.0346. The Hall–Kier alpha value is -2.40. The lowest BCUT2D eigenvalue weighted by Gasteiger charge is -2.18. The van der Waals surface area contributed by atoms with Crippen LogP contribution in [0.1, 0.15) is 278 Å². The highest BCUT2D eigenvalue weighted by molar-refractivity contribution is 5.70. The van der Waals surface area contributed by atoms with Gasteiger partial charge in [-0.1, -0.05) is 242 Å². The molecule has 1 atom stereocenters. The average Bonchev–Trinajstić information content (AvgIpc) is 3.30. The van der Waals surface area contributed by atoms with Crippen molar-refractivity contribution in [2.45, 2.75) is 284 Å². The highest BCUT2D eigenvalue weighted by Gasteiger charge is 2.17. The maximum Gasteiger partial charge on any atom is 0.306 e. The predicted molar refractivity (Wildman–Crippen MR) is 279 cm³/mol. The van der Waals surface area contributed by atoms with Gasteiger partial charge < -0.3 is 14.2 Å². The Morgan fingerprint density at radius 1 is 0.359 bits per heavy atom. The maximum absolute atomic E-state index is 12.8.